The molecular formula is C4H10CaO3. The van der Waals surface area contributed by atoms with Crippen LogP contribution in [0.25, 0.3) is 0 Å². The van der Waals surface area contributed by atoms with Gasteiger partial charge < -0.3 is 9.84 Å². The zero-order valence-corrected chi connectivity index (χ0v) is 4.18. The molecule has 0 bridgehead atoms. The molecule has 0 radical (unpaired) electrons. The fourth-order valence-corrected chi connectivity index (χ4v) is 0.189. The van der Waals surface area contributed by atoms with Crippen molar-refractivity contribution in [1.29, 1.82) is 0 Å². The van der Waals surface area contributed by atoms with E-state index in [-0.39, 0.29) is 44.3 Å². The van der Waals surface area contributed by atoms with E-state index in [1.165, 1.54) is 0 Å². The summed E-state index contributed by atoms with van der Waals surface area (Å²) in [5.41, 5.74) is 0. The van der Waals surface area contributed by atoms with Gasteiger partial charge in [-0.05, 0) is 6.92 Å². The fourth-order valence-electron chi connectivity index (χ4n) is 0.189. The first-order valence-electron chi connectivity index (χ1n) is 2.07. The first-order valence-corrected chi connectivity index (χ1v) is 2.07. The van der Waals surface area contributed by atoms with Crippen LogP contribution in [0, 0.1) is 0 Å². The van der Waals surface area contributed by atoms with E-state index in [4.69, 9.17) is 5.11 Å². The van der Waals surface area contributed by atoms with Crippen molar-refractivity contribution in [3.05, 3.63) is 0 Å². The van der Waals surface area contributed by atoms with Crippen LogP contribution in [0.4, 0.5) is 0 Å². The van der Waals surface area contributed by atoms with E-state index in [1.807, 2.05) is 0 Å². The Morgan fingerprint density at radius 3 is 2.38 bits per heavy atom. The van der Waals surface area contributed by atoms with E-state index in [0.29, 0.717) is 6.61 Å². The maximum atomic E-state index is 9.63. The van der Waals surface area contributed by atoms with Crippen molar-refractivity contribution in [3.8, 4) is 0 Å². The Morgan fingerprint density at radius 1 is 1.75 bits per heavy atom. The number of carboxylic acid groups (broad SMARTS) is 1. The molecule has 0 unspecified atom stereocenters. The molecule has 0 spiro atoms. The summed E-state index contributed by atoms with van der Waals surface area (Å²) >= 11 is 0. The van der Waals surface area contributed by atoms with Crippen LogP contribution in [0.1, 0.15) is 6.92 Å². The van der Waals surface area contributed by atoms with Crippen molar-refractivity contribution in [2.45, 2.75) is 6.92 Å². The van der Waals surface area contributed by atoms with E-state index < -0.39 is 5.97 Å². The zero-order chi connectivity index (χ0) is 5.70. The van der Waals surface area contributed by atoms with Crippen LogP contribution in [-0.2, 0) is 9.53 Å². The van der Waals surface area contributed by atoms with Gasteiger partial charge in [0.2, 0.25) is 0 Å². The van der Waals surface area contributed by atoms with Gasteiger partial charge >= 0.3 is 43.7 Å². The van der Waals surface area contributed by atoms with Gasteiger partial charge in [0.1, 0.15) is 6.61 Å². The van der Waals surface area contributed by atoms with E-state index in [9.17, 15) is 4.79 Å². The molecule has 0 saturated carbocycles. The third-order valence-electron chi connectivity index (χ3n) is 0.430. The van der Waals surface area contributed by atoms with Gasteiger partial charge in [0, 0.05) is 6.61 Å². The van der Waals surface area contributed by atoms with Crippen molar-refractivity contribution in [1.82, 2.24) is 0 Å². The summed E-state index contributed by atoms with van der Waals surface area (Å²) in [5, 5.41) is 7.92. The molecule has 46 valence electrons. The Balaban J connectivity index is 0. The first-order chi connectivity index (χ1) is 3.27. The molecule has 0 aliphatic rings. The normalized spacial score (nSPS) is 7.62. The van der Waals surface area contributed by atoms with Crippen LogP contribution >= 0.6 is 0 Å². The van der Waals surface area contributed by atoms with Gasteiger partial charge in [-0.15, -0.1) is 0 Å². The molecule has 0 aliphatic carbocycles. The summed E-state index contributed by atoms with van der Waals surface area (Å²) < 4.78 is 4.50. The third kappa shape index (κ3) is 9.85. The van der Waals surface area contributed by atoms with Gasteiger partial charge in [-0.2, -0.15) is 0 Å². The van der Waals surface area contributed by atoms with Gasteiger partial charge in [-0.25, -0.2) is 4.79 Å². The summed E-state index contributed by atoms with van der Waals surface area (Å²) in [5.74, 6) is -0.915. The van der Waals surface area contributed by atoms with Crippen molar-refractivity contribution >= 4 is 43.7 Å². The standard InChI is InChI=1S/C4H8O3.Ca.2H/c1-2-7-3-4(5)6;;;/h2-3H2,1H3,(H,5,6);;;. The molecule has 8 heavy (non-hydrogen) atoms. The van der Waals surface area contributed by atoms with Crippen LogP contribution < -0.4 is 0 Å². The number of hydrogen-bond donors (Lipinski definition) is 1. The summed E-state index contributed by atoms with van der Waals surface area (Å²) in [4.78, 5) is 9.63. The molecule has 0 amide bonds. The Hall–Kier alpha value is 0.690. The fraction of sp³-hybridized carbons (Fsp3) is 0.750. The van der Waals surface area contributed by atoms with E-state index in [2.05, 4.69) is 4.74 Å². The van der Waals surface area contributed by atoms with Crippen LogP contribution in [0.15, 0.2) is 0 Å². The molecule has 0 aromatic rings. The quantitative estimate of drug-likeness (QED) is 0.530. The molecule has 0 saturated heterocycles. The van der Waals surface area contributed by atoms with Crippen molar-refractivity contribution in [2.75, 3.05) is 13.2 Å². The van der Waals surface area contributed by atoms with Crippen LogP contribution in [0.5, 0.6) is 0 Å². The van der Waals surface area contributed by atoms with Crippen LogP contribution in [0.2, 0.25) is 0 Å². The number of aliphatic carboxylic acids is 1. The van der Waals surface area contributed by atoms with Gasteiger partial charge in [-0.3, -0.25) is 0 Å². The molecule has 0 aromatic heterocycles. The van der Waals surface area contributed by atoms with Crippen LogP contribution in [-0.4, -0.2) is 62.0 Å². The predicted molar refractivity (Wildman–Crippen MR) is 32.7 cm³/mol. The van der Waals surface area contributed by atoms with E-state index >= 15 is 0 Å². The summed E-state index contributed by atoms with van der Waals surface area (Å²) in [6.07, 6.45) is 0. The molecule has 0 aliphatic heterocycles. The molecule has 0 fully saturated rings. The molecule has 4 heteroatoms. The Bertz CT molecular complexity index is 64.3. The van der Waals surface area contributed by atoms with Crippen molar-refractivity contribution in [2.24, 2.45) is 0 Å². The average molecular weight is 146 g/mol. The topological polar surface area (TPSA) is 46.5 Å². The SMILES string of the molecule is CCOCC(=O)O.[CaH2]. The Morgan fingerprint density at radius 2 is 2.25 bits per heavy atom. The summed E-state index contributed by atoms with van der Waals surface area (Å²) in [6.45, 7) is 2.03. The first kappa shape index (κ1) is 11.5. The Labute approximate surface area is 78.0 Å². The van der Waals surface area contributed by atoms with Gasteiger partial charge in [0.05, 0.1) is 0 Å². The molecule has 0 rings (SSSR count). The van der Waals surface area contributed by atoms with E-state index in [0.717, 1.165) is 0 Å². The second-order valence-corrected chi connectivity index (χ2v) is 1.03. The minimum atomic E-state index is -0.915. The summed E-state index contributed by atoms with van der Waals surface area (Å²) in [6, 6.07) is 0. The second-order valence-electron chi connectivity index (χ2n) is 1.03. The van der Waals surface area contributed by atoms with Crippen molar-refractivity contribution in [3.63, 3.8) is 0 Å². The number of hydrogen-bond acceptors (Lipinski definition) is 2. The minimum absolute atomic E-state index is 0. The van der Waals surface area contributed by atoms with Crippen molar-refractivity contribution < 1.29 is 14.6 Å². The number of carboxylic acids is 1. The molecule has 1 N–H and O–H groups in total. The van der Waals surface area contributed by atoms with Crippen LogP contribution in [0.3, 0.4) is 0 Å². The molecule has 0 aromatic carbocycles. The zero-order valence-electron chi connectivity index (χ0n) is 4.18. The molecule has 0 atom stereocenters. The van der Waals surface area contributed by atoms with Gasteiger partial charge in [0.15, 0.2) is 0 Å². The third-order valence-corrected chi connectivity index (χ3v) is 0.430. The maximum absolute atomic E-state index is 9.63. The van der Waals surface area contributed by atoms with E-state index in [1.54, 1.807) is 6.92 Å². The van der Waals surface area contributed by atoms with Gasteiger partial charge in [0.25, 0.3) is 0 Å². The number of carbonyl (C=O) groups is 1. The average Bonchev–Trinajstić information content (AvgIpc) is 1.61. The molecule has 3 nitrogen and oxygen atoms in total. The molecule has 0 heterocycles. The predicted octanol–water partition coefficient (Wildman–Crippen LogP) is -0.809. The Kier molecular flexibility index (Phi) is 11.0. The summed E-state index contributed by atoms with van der Waals surface area (Å²) in [7, 11) is 0. The van der Waals surface area contributed by atoms with Gasteiger partial charge in [-0.1, -0.05) is 0 Å². The molecular weight excluding hydrogens is 136 g/mol. The monoisotopic (exact) mass is 146 g/mol. The second kappa shape index (κ2) is 7.69. The number of ether oxygens (including phenoxy) is 1. The number of rotatable bonds is 3.